The number of carboxylic acid groups (broad SMARTS) is 1. The van der Waals surface area contributed by atoms with Gasteiger partial charge in [-0.05, 0) is 37.3 Å². The Balaban J connectivity index is 2.24. The van der Waals surface area contributed by atoms with E-state index >= 15 is 0 Å². The van der Waals surface area contributed by atoms with Crippen LogP contribution in [-0.2, 0) is 0 Å². The summed E-state index contributed by atoms with van der Waals surface area (Å²) in [5.74, 6) is -1.10. The SMILES string of the molecule is C/C(=N/Nc1ccc(Cl)c(C(=O)O)c1)c1ccc(Cl)cc1Cl. The van der Waals surface area contributed by atoms with Crippen LogP contribution in [0.4, 0.5) is 5.69 Å². The van der Waals surface area contributed by atoms with Crippen LogP contribution in [0.5, 0.6) is 0 Å². The van der Waals surface area contributed by atoms with E-state index in [9.17, 15) is 4.79 Å². The number of carbonyl (C=O) groups is 1. The van der Waals surface area contributed by atoms with Crippen LogP contribution >= 0.6 is 34.8 Å². The van der Waals surface area contributed by atoms with Gasteiger partial charge in [-0.3, -0.25) is 5.43 Å². The summed E-state index contributed by atoms with van der Waals surface area (Å²) in [5.41, 5.74) is 4.65. The number of anilines is 1. The second-order valence-electron chi connectivity index (χ2n) is 4.43. The average molecular weight is 358 g/mol. The molecular formula is C15H11Cl3N2O2. The molecule has 2 aromatic carbocycles. The van der Waals surface area contributed by atoms with Gasteiger partial charge in [0.05, 0.1) is 27.0 Å². The Bertz CT molecular complexity index is 760. The molecular weight excluding hydrogens is 347 g/mol. The van der Waals surface area contributed by atoms with E-state index in [1.165, 1.54) is 12.1 Å². The van der Waals surface area contributed by atoms with E-state index in [-0.39, 0.29) is 10.6 Å². The van der Waals surface area contributed by atoms with Crippen molar-refractivity contribution in [2.45, 2.75) is 6.92 Å². The van der Waals surface area contributed by atoms with Gasteiger partial charge in [-0.25, -0.2) is 4.79 Å². The minimum atomic E-state index is -1.10. The normalized spacial score (nSPS) is 11.4. The summed E-state index contributed by atoms with van der Waals surface area (Å²) in [5, 5.41) is 14.4. The van der Waals surface area contributed by atoms with Crippen LogP contribution < -0.4 is 5.43 Å². The predicted molar refractivity (Wildman–Crippen MR) is 90.7 cm³/mol. The van der Waals surface area contributed by atoms with Crippen LogP contribution in [0.2, 0.25) is 15.1 Å². The molecule has 0 aliphatic rings. The monoisotopic (exact) mass is 356 g/mol. The lowest BCUT2D eigenvalue weighted by atomic mass is 10.1. The third kappa shape index (κ3) is 3.91. The number of nitrogens with one attached hydrogen (secondary N) is 1. The third-order valence-corrected chi connectivity index (χ3v) is 3.75. The van der Waals surface area contributed by atoms with E-state index in [0.29, 0.717) is 21.4 Å². The van der Waals surface area contributed by atoms with Crippen molar-refractivity contribution in [2.24, 2.45) is 5.10 Å². The highest BCUT2D eigenvalue weighted by molar-refractivity contribution is 6.37. The molecule has 2 aromatic rings. The van der Waals surface area contributed by atoms with Crippen molar-refractivity contribution >= 4 is 52.2 Å². The molecule has 2 rings (SSSR count). The third-order valence-electron chi connectivity index (χ3n) is 2.87. The molecule has 0 amide bonds. The Kier molecular flexibility index (Phi) is 5.29. The maximum atomic E-state index is 11.0. The van der Waals surface area contributed by atoms with Crippen LogP contribution in [0.15, 0.2) is 41.5 Å². The van der Waals surface area contributed by atoms with Crippen molar-refractivity contribution in [1.82, 2.24) is 0 Å². The van der Waals surface area contributed by atoms with Crippen molar-refractivity contribution in [2.75, 3.05) is 5.43 Å². The quantitative estimate of drug-likeness (QED) is 0.585. The van der Waals surface area contributed by atoms with Gasteiger partial charge >= 0.3 is 5.97 Å². The Morgan fingerprint density at radius 2 is 1.77 bits per heavy atom. The topological polar surface area (TPSA) is 61.7 Å². The van der Waals surface area contributed by atoms with Crippen molar-refractivity contribution in [1.29, 1.82) is 0 Å². The molecule has 0 bridgehead atoms. The zero-order valence-electron chi connectivity index (χ0n) is 11.4. The standard InChI is InChI=1S/C15H11Cl3N2O2/c1-8(11-4-2-9(16)6-14(11)18)19-20-10-3-5-13(17)12(7-10)15(21)22/h2-7,20H,1H3,(H,21,22)/b19-8-. The second-order valence-corrected chi connectivity index (χ2v) is 5.68. The van der Waals surface area contributed by atoms with Gasteiger partial charge in [0.15, 0.2) is 0 Å². The fourth-order valence-corrected chi connectivity index (χ4v) is 2.49. The van der Waals surface area contributed by atoms with Gasteiger partial charge < -0.3 is 5.11 Å². The van der Waals surface area contributed by atoms with E-state index in [1.807, 2.05) is 0 Å². The number of rotatable bonds is 4. The van der Waals surface area contributed by atoms with Crippen LogP contribution in [0, 0.1) is 0 Å². The second kappa shape index (κ2) is 7.01. The van der Waals surface area contributed by atoms with Gasteiger partial charge in [0.2, 0.25) is 0 Å². The fraction of sp³-hybridized carbons (Fsp3) is 0.0667. The summed E-state index contributed by atoms with van der Waals surface area (Å²) >= 11 is 17.8. The minimum Gasteiger partial charge on any atom is -0.478 e. The van der Waals surface area contributed by atoms with Gasteiger partial charge in [-0.2, -0.15) is 5.10 Å². The van der Waals surface area contributed by atoms with Crippen LogP contribution in [-0.4, -0.2) is 16.8 Å². The lowest BCUT2D eigenvalue weighted by Gasteiger charge is -2.07. The van der Waals surface area contributed by atoms with E-state index in [1.54, 1.807) is 31.2 Å². The number of hydrogen-bond donors (Lipinski definition) is 2. The number of aromatic carboxylic acids is 1. The number of benzene rings is 2. The summed E-state index contributed by atoms with van der Waals surface area (Å²) in [6.07, 6.45) is 0. The number of carboxylic acids is 1. The van der Waals surface area contributed by atoms with Gasteiger partial charge in [0.1, 0.15) is 0 Å². The highest BCUT2D eigenvalue weighted by atomic mass is 35.5. The van der Waals surface area contributed by atoms with Crippen LogP contribution in [0.3, 0.4) is 0 Å². The molecule has 0 spiro atoms. The molecule has 0 aliphatic heterocycles. The number of hydrazone groups is 1. The van der Waals surface area contributed by atoms with Crippen LogP contribution in [0.1, 0.15) is 22.8 Å². The largest absolute Gasteiger partial charge is 0.478 e. The van der Waals surface area contributed by atoms with Crippen molar-refractivity contribution in [3.8, 4) is 0 Å². The molecule has 0 atom stereocenters. The number of hydrogen-bond acceptors (Lipinski definition) is 3. The van der Waals surface area contributed by atoms with Gasteiger partial charge in [-0.15, -0.1) is 0 Å². The van der Waals surface area contributed by atoms with Gasteiger partial charge in [0, 0.05) is 10.6 Å². The summed E-state index contributed by atoms with van der Waals surface area (Å²) in [7, 11) is 0. The highest BCUT2D eigenvalue weighted by Gasteiger charge is 2.09. The molecule has 0 aliphatic carbocycles. The van der Waals surface area contributed by atoms with Crippen molar-refractivity contribution in [3.63, 3.8) is 0 Å². The first kappa shape index (κ1) is 16.6. The fourth-order valence-electron chi connectivity index (χ4n) is 1.75. The lowest BCUT2D eigenvalue weighted by molar-refractivity contribution is 0.0697. The first-order chi connectivity index (χ1) is 10.4. The molecule has 0 aromatic heterocycles. The number of nitrogens with zero attached hydrogens (tertiary/aromatic N) is 1. The lowest BCUT2D eigenvalue weighted by Crippen LogP contribution is -2.02. The molecule has 0 fully saturated rings. The number of halogens is 3. The Labute approximate surface area is 142 Å². The first-order valence-electron chi connectivity index (χ1n) is 6.17. The molecule has 0 saturated carbocycles. The molecule has 2 N–H and O–H groups in total. The zero-order valence-corrected chi connectivity index (χ0v) is 13.7. The van der Waals surface area contributed by atoms with Crippen molar-refractivity contribution < 1.29 is 9.90 Å². The highest BCUT2D eigenvalue weighted by Crippen LogP contribution is 2.23. The molecule has 22 heavy (non-hydrogen) atoms. The van der Waals surface area contributed by atoms with E-state index < -0.39 is 5.97 Å². The Hall–Kier alpha value is -1.75. The van der Waals surface area contributed by atoms with E-state index in [2.05, 4.69) is 10.5 Å². The molecule has 0 radical (unpaired) electrons. The smallest absolute Gasteiger partial charge is 0.337 e. The summed E-state index contributed by atoms with van der Waals surface area (Å²) in [6.45, 7) is 1.77. The molecule has 0 heterocycles. The molecule has 0 unspecified atom stereocenters. The molecule has 4 nitrogen and oxygen atoms in total. The predicted octanol–water partition coefficient (Wildman–Crippen LogP) is 5.18. The summed E-state index contributed by atoms with van der Waals surface area (Å²) in [6, 6.07) is 9.64. The molecule has 0 saturated heterocycles. The van der Waals surface area contributed by atoms with Gasteiger partial charge in [-0.1, -0.05) is 40.9 Å². The maximum Gasteiger partial charge on any atom is 0.337 e. The Morgan fingerprint density at radius 1 is 1.05 bits per heavy atom. The zero-order chi connectivity index (χ0) is 16.3. The van der Waals surface area contributed by atoms with Crippen molar-refractivity contribution in [3.05, 3.63) is 62.6 Å². The Morgan fingerprint density at radius 3 is 2.41 bits per heavy atom. The van der Waals surface area contributed by atoms with Crippen LogP contribution in [0.25, 0.3) is 0 Å². The maximum absolute atomic E-state index is 11.0. The molecule has 114 valence electrons. The average Bonchev–Trinajstić information content (AvgIpc) is 2.45. The first-order valence-corrected chi connectivity index (χ1v) is 7.30. The van der Waals surface area contributed by atoms with E-state index in [4.69, 9.17) is 39.9 Å². The van der Waals surface area contributed by atoms with Gasteiger partial charge in [0.25, 0.3) is 0 Å². The summed E-state index contributed by atoms with van der Waals surface area (Å²) < 4.78 is 0. The minimum absolute atomic E-state index is 0.00375. The van der Waals surface area contributed by atoms with E-state index in [0.717, 1.165) is 5.56 Å². The summed E-state index contributed by atoms with van der Waals surface area (Å²) in [4.78, 5) is 11.0. The molecule has 7 heteroatoms.